The number of amides is 1. The molecule has 1 aliphatic rings. The van der Waals surface area contributed by atoms with E-state index in [2.05, 4.69) is 5.32 Å². The van der Waals surface area contributed by atoms with Crippen molar-refractivity contribution in [2.75, 3.05) is 25.1 Å². The van der Waals surface area contributed by atoms with Crippen molar-refractivity contribution in [3.05, 3.63) is 48.0 Å². The van der Waals surface area contributed by atoms with Crippen molar-refractivity contribution >= 4 is 23.9 Å². The van der Waals surface area contributed by atoms with E-state index in [9.17, 15) is 14.4 Å². The second-order valence-corrected chi connectivity index (χ2v) is 5.96. The fraction of sp³-hybridized carbons (Fsp3) is 0.250. The Kier molecular flexibility index (Phi) is 6.11. The van der Waals surface area contributed by atoms with Crippen LogP contribution in [-0.4, -0.2) is 44.1 Å². The topological polar surface area (TPSA) is 100 Å². The molecule has 0 radical (unpaired) electrons. The van der Waals surface area contributed by atoms with Gasteiger partial charge in [-0.05, 0) is 43.3 Å². The van der Waals surface area contributed by atoms with Gasteiger partial charge in [0.25, 0.3) is 5.91 Å². The minimum absolute atomic E-state index is 0.359. The second-order valence-electron chi connectivity index (χ2n) is 5.96. The number of carbonyl (C=O) groups is 3. The molecule has 3 rings (SSSR count). The zero-order valence-electron chi connectivity index (χ0n) is 15.2. The summed E-state index contributed by atoms with van der Waals surface area (Å²) in [5.74, 6) is 0.394. The van der Waals surface area contributed by atoms with Gasteiger partial charge in [-0.15, -0.1) is 0 Å². The van der Waals surface area contributed by atoms with E-state index in [1.165, 1.54) is 6.92 Å². The molecule has 0 bridgehead atoms. The first-order valence-corrected chi connectivity index (χ1v) is 8.63. The fourth-order valence-electron chi connectivity index (χ4n) is 2.43. The predicted molar refractivity (Wildman–Crippen MR) is 98.9 cm³/mol. The average Bonchev–Trinajstić information content (AvgIpc) is 2.72. The summed E-state index contributed by atoms with van der Waals surface area (Å²) in [6.07, 6.45) is -0.304. The van der Waals surface area contributed by atoms with Gasteiger partial charge in [-0.2, -0.15) is 0 Å². The fourth-order valence-corrected chi connectivity index (χ4v) is 2.43. The highest BCUT2D eigenvalue weighted by Crippen LogP contribution is 2.32. The Bertz CT molecular complexity index is 863. The predicted octanol–water partition coefficient (Wildman–Crippen LogP) is 2.22. The van der Waals surface area contributed by atoms with Gasteiger partial charge >= 0.3 is 5.97 Å². The van der Waals surface area contributed by atoms with Crippen molar-refractivity contribution in [1.82, 2.24) is 0 Å². The molecule has 1 N–H and O–H groups in total. The van der Waals surface area contributed by atoms with Crippen LogP contribution in [0.1, 0.15) is 17.3 Å². The SMILES string of the molecule is CC(OC(=O)COc1ccc(C=O)cc1)C(=O)Nc1ccc2c(c1)OCCO2. The Labute approximate surface area is 161 Å². The summed E-state index contributed by atoms with van der Waals surface area (Å²) >= 11 is 0. The minimum atomic E-state index is -1.01. The summed E-state index contributed by atoms with van der Waals surface area (Å²) in [5, 5.41) is 2.66. The summed E-state index contributed by atoms with van der Waals surface area (Å²) < 4.78 is 21.2. The number of anilines is 1. The number of benzene rings is 2. The average molecular weight is 385 g/mol. The van der Waals surface area contributed by atoms with Crippen LogP contribution in [-0.2, 0) is 14.3 Å². The smallest absolute Gasteiger partial charge is 0.344 e. The van der Waals surface area contributed by atoms with Crippen LogP contribution in [0.5, 0.6) is 17.2 Å². The zero-order chi connectivity index (χ0) is 19.9. The van der Waals surface area contributed by atoms with E-state index in [1.807, 2.05) is 0 Å². The monoisotopic (exact) mass is 385 g/mol. The summed E-state index contributed by atoms with van der Waals surface area (Å²) in [5.41, 5.74) is 1.00. The summed E-state index contributed by atoms with van der Waals surface area (Å²) in [6.45, 7) is 2.03. The molecule has 0 aliphatic carbocycles. The molecule has 0 fully saturated rings. The van der Waals surface area contributed by atoms with Gasteiger partial charge in [-0.3, -0.25) is 9.59 Å². The van der Waals surface area contributed by atoms with Gasteiger partial charge < -0.3 is 24.3 Å². The molecule has 1 aliphatic heterocycles. The third-order valence-electron chi connectivity index (χ3n) is 3.86. The van der Waals surface area contributed by atoms with Crippen LogP contribution in [0.4, 0.5) is 5.69 Å². The number of esters is 1. The number of carbonyl (C=O) groups excluding carboxylic acids is 3. The molecule has 0 saturated heterocycles. The van der Waals surface area contributed by atoms with E-state index in [-0.39, 0.29) is 6.61 Å². The summed E-state index contributed by atoms with van der Waals surface area (Å²) in [7, 11) is 0. The maximum atomic E-state index is 12.2. The number of aldehydes is 1. The van der Waals surface area contributed by atoms with Gasteiger partial charge in [0.2, 0.25) is 0 Å². The number of nitrogens with one attached hydrogen (secondary N) is 1. The first-order chi connectivity index (χ1) is 13.5. The number of hydrogen-bond donors (Lipinski definition) is 1. The molecule has 0 spiro atoms. The second kappa shape index (κ2) is 8.90. The molecule has 146 valence electrons. The first-order valence-electron chi connectivity index (χ1n) is 8.63. The molecule has 1 unspecified atom stereocenters. The number of rotatable bonds is 7. The van der Waals surface area contributed by atoms with Crippen LogP contribution >= 0.6 is 0 Å². The molecule has 8 nitrogen and oxygen atoms in total. The van der Waals surface area contributed by atoms with Crippen LogP contribution in [0.15, 0.2) is 42.5 Å². The molecule has 1 atom stereocenters. The maximum absolute atomic E-state index is 12.2. The Balaban J connectivity index is 1.47. The molecule has 28 heavy (non-hydrogen) atoms. The van der Waals surface area contributed by atoms with Gasteiger partial charge in [-0.1, -0.05) is 0 Å². The summed E-state index contributed by atoms with van der Waals surface area (Å²) in [4.78, 5) is 34.7. The van der Waals surface area contributed by atoms with Crippen LogP contribution < -0.4 is 19.5 Å². The lowest BCUT2D eigenvalue weighted by Crippen LogP contribution is -2.31. The highest BCUT2D eigenvalue weighted by molar-refractivity contribution is 5.95. The quantitative estimate of drug-likeness (QED) is 0.576. The van der Waals surface area contributed by atoms with Crippen molar-refractivity contribution in [2.45, 2.75) is 13.0 Å². The van der Waals surface area contributed by atoms with Gasteiger partial charge in [0.1, 0.15) is 25.2 Å². The molecule has 2 aromatic rings. The Hall–Kier alpha value is -3.55. The molecule has 1 amide bonds. The van der Waals surface area contributed by atoms with E-state index in [1.54, 1.807) is 42.5 Å². The van der Waals surface area contributed by atoms with Gasteiger partial charge in [-0.25, -0.2) is 4.79 Å². The van der Waals surface area contributed by atoms with E-state index < -0.39 is 18.0 Å². The Morgan fingerprint density at radius 2 is 1.82 bits per heavy atom. The van der Waals surface area contributed by atoms with E-state index in [0.717, 1.165) is 0 Å². The zero-order valence-corrected chi connectivity index (χ0v) is 15.2. The van der Waals surface area contributed by atoms with Crippen molar-refractivity contribution < 1.29 is 33.3 Å². The number of ether oxygens (including phenoxy) is 4. The maximum Gasteiger partial charge on any atom is 0.344 e. The lowest BCUT2D eigenvalue weighted by atomic mass is 10.2. The molecular formula is C20H19NO7. The highest BCUT2D eigenvalue weighted by atomic mass is 16.6. The molecule has 2 aromatic carbocycles. The lowest BCUT2D eigenvalue weighted by molar-refractivity contribution is -0.155. The molecule has 0 aromatic heterocycles. The third-order valence-corrected chi connectivity index (χ3v) is 3.86. The highest BCUT2D eigenvalue weighted by Gasteiger charge is 2.19. The Morgan fingerprint density at radius 3 is 2.54 bits per heavy atom. The molecule has 0 saturated carbocycles. The van der Waals surface area contributed by atoms with E-state index in [4.69, 9.17) is 18.9 Å². The van der Waals surface area contributed by atoms with Gasteiger partial charge in [0.15, 0.2) is 24.2 Å². The first kappa shape index (κ1) is 19.2. The summed E-state index contributed by atoms with van der Waals surface area (Å²) in [6, 6.07) is 11.3. The number of hydrogen-bond acceptors (Lipinski definition) is 7. The largest absolute Gasteiger partial charge is 0.486 e. The minimum Gasteiger partial charge on any atom is -0.486 e. The van der Waals surface area contributed by atoms with Crippen molar-refractivity contribution in [1.29, 1.82) is 0 Å². The van der Waals surface area contributed by atoms with Crippen LogP contribution in [0.3, 0.4) is 0 Å². The van der Waals surface area contributed by atoms with Crippen LogP contribution in [0.2, 0.25) is 0 Å². The Morgan fingerprint density at radius 1 is 1.11 bits per heavy atom. The van der Waals surface area contributed by atoms with Crippen LogP contribution in [0, 0.1) is 0 Å². The standard InChI is InChI=1S/C20H19NO7/c1-13(28-19(23)12-27-16-5-2-14(11-22)3-6-16)20(24)21-15-4-7-17-18(10-15)26-9-8-25-17/h2-7,10-11,13H,8-9,12H2,1H3,(H,21,24). The van der Waals surface area contributed by atoms with Crippen molar-refractivity contribution in [3.8, 4) is 17.2 Å². The van der Waals surface area contributed by atoms with Gasteiger partial charge in [0, 0.05) is 17.3 Å². The molecule has 8 heteroatoms. The molecule has 1 heterocycles. The van der Waals surface area contributed by atoms with E-state index in [0.29, 0.717) is 48.0 Å². The third kappa shape index (κ3) is 5.00. The van der Waals surface area contributed by atoms with Crippen molar-refractivity contribution in [3.63, 3.8) is 0 Å². The van der Waals surface area contributed by atoms with Gasteiger partial charge in [0.05, 0.1) is 0 Å². The normalized spacial score (nSPS) is 13.2. The number of fused-ring (bicyclic) bond motifs is 1. The molecular weight excluding hydrogens is 366 g/mol. The van der Waals surface area contributed by atoms with E-state index >= 15 is 0 Å². The van der Waals surface area contributed by atoms with Crippen LogP contribution in [0.25, 0.3) is 0 Å². The lowest BCUT2D eigenvalue weighted by Gasteiger charge is -2.19. The van der Waals surface area contributed by atoms with Crippen molar-refractivity contribution in [2.24, 2.45) is 0 Å².